The first-order valence-electron chi connectivity index (χ1n) is 7.75. The average Bonchev–Trinajstić information content (AvgIpc) is 2.60. The van der Waals surface area contributed by atoms with E-state index in [1.54, 1.807) is 48.0 Å². The molecule has 2 rings (SSSR count). The minimum absolute atomic E-state index is 0.0823. The first-order valence-corrected chi connectivity index (χ1v) is 7.75. The van der Waals surface area contributed by atoms with Gasteiger partial charge in [0, 0.05) is 31.7 Å². The Morgan fingerprint density at radius 1 is 1.39 bits per heavy atom. The highest BCUT2D eigenvalue weighted by Gasteiger charge is 2.28. The Hall–Kier alpha value is -2.55. The van der Waals surface area contributed by atoms with Crippen LogP contribution in [0.25, 0.3) is 0 Å². The summed E-state index contributed by atoms with van der Waals surface area (Å²) in [6.45, 7) is 3.32. The Morgan fingerprint density at radius 3 is 2.70 bits per heavy atom. The van der Waals surface area contributed by atoms with Crippen LogP contribution in [0.4, 0.5) is 4.79 Å². The van der Waals surface area contributed by atoms with Crippen LogP contribution in [0.3, 0.4) is 0 Å². The number of hydrogen-bond donors (Lipinski definition) is 0. The van der Waals surface area contributed by atoms with Crippen molar-refractivity contribution in [2.75, 3.05) is 26.7 Å². The number of piperidine rings is 1. The van der Waals surface area contributed by atoms with Gasteiger partial charge in [-0.1, -0.05) is 6.07 Å². The summed E-state index contributed by atoms with van der Waals surface area (Å²) >= 11 is 0. The summed E-state index contributed by atoms with van der Waals surface area (Å²) in [5.41, 5.74) is 0.987. The van der Waals surface area contributed by atoms with Crippen molar-refractivity contribution < 1.29 is 14.3 Å². The molecule has 0 N–H and O–H groups in total. The van der Waals surface area contributed by atoms with Crippen molar-refractivity contribution in [1.82, 2.24) is 9.80 Å². The van der Waals surface area contributed by atoms with Gasteiger partial charge in [-0.25, -0.2) is 4.79 Å². The van der Waals surface area contributed by atoms with Gasteiger partial charge in [0.25, 0.3) is 5.91 Å². The first-order chi connectivity index (χ1) is 11.1. The fourth-order valence-electron chi connectivity index (χ4n) is 2.74. The van der Waals surface area contributed by atoms with Crippen LogP contribution in [-0.4, -0.2) is 54.6 Å². The average molecular weight is 315 g/mol. The quantitative estimate of drug-likeness (QED) is 0.857. The number of nitrogens with zero attached hydrogens (tertiary/aromatic N) is 3. The predicted octanol–water partition coefficient (Wildman–Crippen LogP) is 2.25. The lowest BCUT2D eigenvalue weighted by Crippen LogP contribution is -2.47. The lowest BCUT2D eigenvalue weighted by molar-refractivity contribution is 0.0602. The number of amides is 2. The molecule has 6 nitrogen and oxygen atoms in total. The fraction of sp³-hybridized carbons (Fsp3) is 0.471. The summed E-state index contributed by atoms with van der Waals surface area (Å²) in [7, 11) is 1.77. The number of ether oxygens (including phenoxy) is 1. The van der Waals surface area contributed by atoms with Crippen LogP contribution in [0, 0.1) is 11.3 Å². The molecule has 1 aliphatic heterocycles. The van der Waals surface area contributed by atoms with E-state index < -0.39 is 0 Å². The number of nitriles is 1. The minimum atomic E-state index is -0.290. The molecule has 1 aromatic rings. The molecule has 1 heterocycles. The molecule has 0 unspecified atom stereocenters. The number of carbonyl (C=O) groups is 2. The lowest BCUT2D eigenvalue weighted by atomic mass is 10.0. The summed E-state index contributed by atoms with van der Waals surface area (Å²) < 4.78 is 5.00. The van der Waals surface area contributed by atoms with E-state index in [4.69, 9.17) is 10.00 Å². The Morgan fingerprint density at radius 2 is 2.09 bits per heavy atom. The summed E-state index contributed by atoms with van der Waals surface area (Å²) in [5, 5.41) is 8.93. The molecule has 1 saturated heterocycles. The molecule has 0 saturated carbocycles. The first kappa shape index (κ1) is 16.8. The van der Waals surface area contributed by atoms with Crippen molar-refractivity contribution in [3.8, 4) is 6.07 Å². The fourth-order valence-corrected chi connectivity index (χ4v) is 2.74. The highest BCUT2D eigenvalue weighted by Crippen LogP contribution is 2.18. The molecule has 1 aromatic carbocycles. The number of hydrogen-bond acceptors (Lipinski definition) is 4. The van der Waals surface area contributed by atoms with E-state index in [1.165, 1.54) is 0 Å². The van der Waals surface area contributed by atoms with Gasteiger partial charge in [0.2, 0.25) is 0 Å². The van der Waals surface area contributed by atoms with Crippen molar-refractivity contribution in [2.45, 2.75) is 25.8 Å². The SMILES string of the molecule is CCOC(=O)N1CCC(N(C)C(=O)c2cccc(C#N)c2)CC1. The maximum Gasteiger partial charge on any atom is 0.409 e. The molecule has 6 heteroatoms. The third-order valence-corrected chi connectivity index (χ3v) is 4.10. The van der Waals surface area contributed by atoms with Crippen molar-refractivity contribution in [3.63, 3.8) is 0 Å². The van der Waals surface area contributed by atoms with E-state index in [0.29, 0.717) is 30.8 Å². The summed E-state index contributed by atoms with van der Waals surface area (Å²) in [4.78, 5) is 27.6. The Kier molecular flexibility index (Phi) is 5.58. The molecule has 1 fully saturated rings. The topological polar surface area (TPSA) is 73.6 Å². The molecule has 122 valence electrons. The minimum Gasteiger partial charge on any atom is -0.450 e. The van der Waals surface area contributed by atoms with Crippen LogP contribution in [0.2, 0.25) is 0 Å². The second-order valence-corrected chi connectivity index (χ2v) is 5.53. The molecule has 0 aromatic heterocycles. The maximum absolute atomic E-state index is 12.5. The monoisotopic (exact) mass is 315 g/mol. The zero-order valence-electron chi connectivity index (χ0n) is 13.5. The highest BCUT2D eigenvalue weighted by molar-refractivity contribution is 5.94. The van der Waals surface area contributed by atoms with Gasteiger partial charge in [0.05, 0.1) is 18.2 Å². The number of benzene rings is 1. The molecule has 0 radical (unpaired) electrons. The van der Waals surface area contributed by atoms with E-state index in [1.807, 2.05) is 6.07 Å². The van der Waals surface area contributed by atoms with Gasteiger partial charge in [-0.3, -0.25) is 4.79 Å². The largest absolute Gasteiger partial charge is 0.450 e. The van der Waals surface area contributed by atoms with Crippen molar-refractivity contribution >= 4 is 12.0 Å². The molecule has 0 aliphatic carbocycles. The molecular weight excluding hydrogens is 294 g/mol. The molecule has 0 spiro atoms. The van der Waals surface area contributed by atoms with Gasteiger partial charge < -0.3 is 14.5 Å². The van der Waals surface area contributed by atoms with Gasteiger partial charge >= 0.3 is 6.09 Å². The van der Waals surface area contributed by atoms with E-state index in [9.17, 15) is 9.59 Å². The molecule has 23 heavy (non-hydrogen) atoms. The van der Waals surface area contributed by atoms with Crippen molar-refractivity contribution in [3.05, 3.63) is 35.4 Å². The highest BCUT2D eigenvalue weighted by atomic mass is 16.6. The van der Waals surface area contributed by atoms with Crippen LogP contribution in [-0.2, 0) is 4.74 Å². The van der Waals surface area contributed by atoms with Crippen LogP contribution in [0.5, 0.6) is 0 Å². The molecular formula is C17H21N3O3. The number of rotatable bonds is 3. The van der Waals surface area contributed by atoms with Gasteiger partial charge in [-0.2, -0.15) is 5.26 Å². The Bertz CT molecular complexity index is 616. The standard InChI is InChI=1S/C17H21N3O3/c1-3-23-17(22)20-9-7-15(8-10-20)19(2)16(21)14-6-4-5-13(11-14)12-18/h4-6,11,15H,3,7-10H2,1-2H3. The van der Waals surface area contributed by atoms with E-state index in [2.05, 4.69) is 0 Å². The number of carbonyl (C=O) groups excluding carboxylic acids is 2. The van der Waals surface area contributed by atoms with Crippen molar-refractivity contribution in [1.29, 1.82) is 5.26 Å². The number of likely N-dealkylation sites (tertiary alicyclic amines) is 1. The predicted molar refractivity (Wildman–Crippen MR) is 84.9 cm³/mol. The molecule has 2 amide bonds. The summed E-state index contributed by atoms with van der Waals surface area (Å²) in [6.07, 6.45) is 1.15. The zero-order chi connectivity index (χ0) is 16.8. The third-order valence-electron chi connectivity index (χ3n) is 4.10. The van der Waals surface area contributed by atoms with Crippen molar-refractivity contribution in [2.24, 2.45) is 0 Å². The normalized spacial score (nSPS) is 14.9. The van der Waals surface area contributed by atoms with Crippen LogP contribution in [0.15, 0.2) is 24.3 Å². The summed E-state index contributed by atoms with van der Waals surface area (Å²) in [6, 6.07) is 8.83. The maximum atomic E-state index is 12.5. The molecule has 0 atom stereocenters. The van der Waals surface area contributed by atoms with E-state index in [0.717, 1.165) is 12.8 Å². The van der Waals surface area contributed by atoms with Gasteiger partial charge in [0.15, 0.2) is 0 Å². The van der Waals surface area contributed by atoms with Crippen LogP contribution in [0.1, 0.15) is 35.7 Å². The molecule has 1 aliphatic rings. The second kappa shape index (κ2) is 7.63. The van der Waals surface area contributed by atoms with Gasteiger partial charge in [-0.15, -0.1) is 0 Å². The second-order valence-electron chi connectivity index (χ2n) is 5.53. The van der Waals surface area contributed by atoms with Crippen LogP contribution >= 0.6 is 0 Å². The van der Waals surface area contributed by atoms with E-state index >= 15 is 0 Å². The lowest BCUT2D eigenvalue weighted by Gasteiger charge is -2.36. The third kappa shape index (κ3) is 4.01. The zero-order valence-corrected chi connectivity index (χ0v) is 13.5. The van der Waals surface area contributed by atoms with Gasteiger partial charge in [0.1, 0.15) is 0 Å². The smallest absolute Gasteiger partial charge is 0.409 e. The Labute approximate surface area is 136 Å². The van der Waals surface area contributed by atoms with Gasteiger partial charge in [-0.05, 0) is 38.0 Å². The van der Waals surface area contributed by atoms with E-state index in [-0.39, 0.29) is 18.0 Å². The molecule has 0 bridgehead atoms. The van der Waals surface area contributed by atoms with Crippen LogP contribution < -0.4 is 0 Å². The summed E-state index contributed by atoms with van der Waals surface area (Å²) in [5.74, 6) is -0.100. The Balaban J connectivity index is 1.96.